The molecule has 2 rings (SSSR count). The van der Waals surface area contributed by atoms with Crippen molar-refractivity contribution >= 4 is 29.7 Å². The number of anilines is 1. The minimum atomic E-state index is -0.910. The molecule has 0 unspecified atom stereocenters. The summed E-state index contributed by atoms with van der Waals surface area (Å²) in [6, 6.07) is 8.47. The topological polar surface area (TPSA) is 103 Å². The average Bonchev–Trinajstić information content (AvgIpc) is 3.03. The van der Waals surface area contributed by atoms with Crippen LogP contribution in [0.2, 0.25) is 0 Å². The molecule has 0 spiro atoms. The molecule has 1 aliphatic heterocycles. The molecular formula is C17H18N4O4. The fraction of sp³-hybridized carbons (Fsp3) is 0.294. The number of nitrogens with zero attached hydrogens (tertiary/aromatic N) is 3. The van der Waals surface area contributed by atoms with Gasteiger partial charge in [0.2, 0.25) is 0 Å². The number of nitrogens with one attached hydrogen (secondary N) is 1. The molecule has 1 heterocycles. The number of hydrogen-bond acceptors (Lipinski definition) is 6. The predicted octanol–water partition coefficient (Wildman–Crippen LogP) is 0.755. The molecule has 8 heteroatoms. The zero-order valence-electron chi connectivity index (χ0n) is 14.0. The Morgan fingerprint density at radius 3 is 2.56 bits per heavy atom. The molecule has 1 fully saturated rings. The molecule has 0 atom stereocenters. The van der Waals surface area contributed by atoms with Gasteiger partial charge < -0.3 is 15.0 Å². The average molecular weight is 342 g/mol. The van der Waals surface area contributed by atoms with E-state index in [4.69, 9.17) is 10.00 Å². The quantitative estimate of drug-likeness (QED) is 0.481. The van der Waals surface area contributed by atoms with E-state index in [9.17, 15) is 14.4 Å². The lowest BCUT2D eigenvalue weighted by atomic mass is 10.1. The molecule has 8 nitrogen and oxygen atoms in total. The first-order valence-corrected chi connectivity index (χ1v) is 7.57. The van der Waals surface area contributed by atoms with Crippen LogP contribution in [0.15, 0.2) is 29.8 Å². The lowest BCUT2D eigenvalue weighted by Gasteiger charge is -2.12. The summed E-state index contributed by atoms with van der Waals surface area (Å²) in [6.45, 7) is 0.00401. The maximum atomic E-state index is 12.0. The molecular weight excluding hydrogens is 324 g/mol. The number of esters is 1. The SMILES string of the molecule is CN(C)c1ccc(/C=C(\C#N)C(=O)OCC(=O)N2CCNC2=O)cc1. The minimum Gasteiger partial charge on any atom is -0.451 e. The number of ether oxygens (including phenoxy) is 1. The Morgan fingerprint density at radius 1 is 1.36 bits per heavy atom. The zero-order chi connectivity index (χ0) is 18.4. The van der Waals surface area contributed by atoms with Crippen molar-refractivity contribution in [1.29, 1.82) is 5.26 Å². The van der Waals surface area contributed by atoms with Crippen molar-refractivity contribution in [2.24, 2.45) is 0 Å². The van der Waals surface area contributed by atoms with Crippen LogP contribution in [-0.4, -0.2) is 56.6 Å². The van der Waals surface area contributed by atoms with Gasteiger partial charge in [0.15, 0.2) is 6.61 Å². The van der Waals surface area contributed by atoms with Gasteiger partial charge in [0.1, 0.15) is 11.6 Å². The van der Waals surface area contributed by atoms with Gasteiger partial charge in [-0.2, -0.15) is 5.26 Å². The molecule has 1 aliphatic rings. The van der Waals surface area contributed by atoms with Gasteiger partial charge in [0, 0.05) is 32.9 Å². The second-order valence-electron chi connectivity index (χ2n) is 5.51. The Balaban J connectivity index is 1.99. The van der Waals surface area contributed by atoms with Gasteiger partial charge in [-0.25, -0.2) is 9.59 Å². The van der Waals surface area contributed by atoms with E-state index < -0.39 is 24.5 Å². The maximum Gasteiger partial charge on any atom is 0.349 e. The minimum absolute atomic E-state index is 0.226. The molecule has 130 valence electrons. The summed E-state index contributed by atoms with van der Waals surface area (Å²) >= 11 is 0. The Labute approximate surface area is 145 Å². The molecule has 0 aliphatic carbocycles. The van der Waals surface area contributed by atoms with Crippen molar-refractivity contribution in [2.75, 3.05) is 38.7 Å². The first-order chi connectivity index (χ1) is 11.9. The van der Waals surface area contributed by atoms with Gasteiger partial charge in [-0.05, 0) is 23.8 Å². The van der Waals surface area contributed by atoms with Gasteiger partial charge in [-0.15, -0.1) is 0 Å². The van der Waals surface area contributed by atoms with Gasteiger partial charge in [-0.1, -0.05) is 12.1 Å². The Kier molecular flexibility index (Phi) is 5.74. The number of rotatable bonds is 5. The van der Waals surface area contributed by atoms with Crippen molar-refractivity contribution in [3.8, 4) is 6.07 Å². The molecule has 0 radical (unpaired) electrons. The van der Waals surface area contributed by atoms with Gasteiger partial charge >= 0.3 is 12.0 Å². The van der Waals surface area contributed by atoms with Crippen molar-refractivity contribution < 1.29 is 19.1 Å². The Bertz CT molecular complexity index is 747. The summed E-state index contributed by atoms with van der Waals surface area (Å²) in [4.78, 5) is 38.0. The molecule has 1 saturated heterocycles. The highest BCUT2D eigenvalue weighted by Gasteiger charge is 2.27. The molecule has 1 aromatic carbocycles. The highest BCUT2D eigenvalue weighted by molar-refractivity contribution is 6.00. The first-order valence-electron chi connectivity index (χ1n) is 7.57. The smallest absolute Gasteiger partial charge is 0.349 e. The summed E-state index contributed by atoms with van der Waals surface area (Å²) in [5.41, 5.74) is 1.41. The van der Waals surface area contributed by atoms with Crippen molar-refractivity contribution in [1.82, 2.24) is 10.2 Å². The fourth-order valence-corrected chi connectivity index (χ4v) is 2.16. The summed E-state index contributed by atoms with van der Waals surface area (Å²) in [7, 11) is 3.81. The molecule has 3 amide bonds. The summed E-state index contributed by atoms with van der Waals surface area (Å²) in [6.07, 6.45) is 1.38. The monoisotopic (exact) mass is 342 g/mol. The van der Waals surface area contributed by atoms with E-state index in [0.717, 1.165) is 10.6 Å². The Hall–Kier alpha value is -3.34. The van der Waals surface area contributed by atoms with Crippen molar-refractivity contribution in [3.05, 3.63) is 35.4 Å². The first kappa shape index (κ1) is 18.0. The number of carbonyl (C=O) groups excluding carboxylic acids is 3. The highest BCUT2D eigenvalue weighted by atomic mass is 16.5. The number of urea groups is 1. The third-order valence-electron chi connectivity index (χ3n) is 3.55. The van der Waals surface area contributed by atoms with E-state index in [1.54, 1.807) is 18.2 Å². The third-order valence-corrected chi connectivity index (χ3v) is 3.55. The van der Waals surface area contributed by atoms with Crippen LogP contribution in [-0.2, 0) is 14.3 Å². The second kappa shape index (κ2) is 7.97. The predicted molar refractivity (Wildman–Crippen MR) is 90.4 cm³/mol. The van der Waals surface area contributed by atoms with Crippen LogP contribution in [0.25, 0.3) is 6.08 Å². The normalized spacial score (nSPS) is 13.9. The maximum absolute atomic E-state index is 12.0. The summed E-state index contributed by atoms with van der Waals surface area (Å²) < 4.78 is 4.84. The van der Waals surface area contributed by atoms with Crippen molar-refractivity contribution in [3.63, 3.8) is 0 Å². The number of imide groups is 1. The van der Waals surface area contributed by atoms with Gasteiger partial charge in [0.05, 0.1) is 0 Å². The fourth-order valence-electron chi connectivity index (χ4n) is 2.16. The van der Waals surface area contributed by atoms with Gasteiger partial charge in [-0.3, -0.25) is 9.69 Å². The van der Waals surface area contributed by atoms with Crippen LogP contribution in [0.1, 0.15) is 5.56 Å². The molecule has 0 saturated carbocycles. The molecule has 1 N–H and O–H groups in total. The van der Waals surface area contributed by atoms with E-state index in [2.05, 4.69) is 5.32 Å². The van der Waals surface area contributed by atoms with E-state index in [1.807, 2.05) is 31.1 Å². The molecule has 0 aromatic heterocycles. The summed E-state index contributed by atoms with van der Waals surface area (Å²) in [5.74, 6) is -1.54. The standard InChI is InChI=1S/C17H18N4O4/c1-20(2)14-5-3-12(4-6-14)9-13(10-18)16(23)25-11-15(22)21-8-7-19-17(21)24/h3-6,9H,7-8,11H2,1-2H3,(H,19,24)/b13-9+. The lowest BCUT2D eigenvalue weighted by molar-refractivity contribution is -0.146. The van der Waals surface area contributed by atoms with E-state index in [0.29, 0.717) is 12.1 Å². The number of hydrogen-bond donors (Lipinski definition) is 1. The van der Waals surface area contributed by atoms with Crippen LogP contribution < -0.4 is 10.2 Å². The zero-order valence-corrected chi connectivity index (χ0v) is 14.0. The molecule has 25 heavy (non-hydrogen) atoms. The number of benzene rings is 1. The largest absolute Gasteiger partial charge is 0.451 e. The van der Waals surface area contributed by atoms with Crippen LogP contribution in [0.4, 0.5) is 10.5 Å². The van der Waals surface area contributed by atoms with E-state index in [-0.39, 0.29) is 12.1 Å². The molecule has 0 bridgehead atoms. The number of carbonyl (C=O) groups is 3. The third kappa shape index (κ3) is 4.57. The van der Waals surface area contributed by atoms with E-state index in [1.165, 1.54) is 6.08 Å². The van der Waals surface area contributed by atoms with Crippen LogP contribution in [0, 0.1) is 11.3 Å². The lowest BCUT2D eigenvalue weighted by Crippen LogP contribution is -2.37. The highest BCUT2D eigenvalue weighted by Crippen LogP contribution is 2.15. The Morgan fingerprint density at radius 2 is 2.04 bits per heavy atom. The second-order valence-corrected chi connectivity index (χ2v) is 5.51. The number of nitriles is 1. The number of amides is 3. The van der Waals surface area contributed by atoms with Crippen LogP contribution in [0.5, 0.6) is 0 Å². The van der Waals surface area contributed by atoms with Crippen LogP contribution in [0.3, 0.4) is 0 Å². The summed E-state index contributed by atoms with van der Waals surface area (Å²) in [5, 5.41) is 11.6. The van der Waals surface area contributed by atoms with Crippen molar-refractivity contribution in [2.45, 2.75) is 0 Å². The molecule has 1 aromatic rings. The van der Waals surface area contributed by atoms with Gasteiger partial charge in [0.25, 0.3) is 5.91 Å². The van der Waals surface area contributed by atoms with Crippen LogP contribution >= 0.6 is 0 Å². The van der Waals surface area contributed by atoms with E-state index >= 15 is 0 Å².